The fourth-order valence-corrected chi connectivity index (χ4v) is 3.23. The van der Waals surface area contributed by atoms with E-state index in [0.29, 0.717) is 39.8 Å². The van der Waals surface area contributed by atoms with Crippen LogP contribution < -0.4 is 15.2 Å². The van der Waals surface area contributed by atoms with Crippen LogP contribution in [0.4, 0.5) is 5.69 Å². The number of nitrogen functional groups attached to an aromatic ring is 1. The average Bonchev–Trinajstić information content (AvgIpc) is 2.89. The molecular formula is C16H13Cl2N3O2. The first-order valence-corrected chi connectivity index (χ1v) is 7.93. The van der Waals surface area contributed by atoms with Crippen molar-refractivity contribution in [1.82, 2.24) is 9.55 Å². The molecule has 0 spiro atoms. The molecule has 118 valence electrons. The SMILES string of the molecule is Nc1cc(Cl)c(Oc2ccc3nc4n(c3c2)CCCO4)c(Cl)c1. The third kappa shape index (κ3) is 2.56. The molecule has 0 amide bonds. The Morgan fingerprint density at radius 2 is 1.96 bits per heavy atom. The van der Waals surface area contributed by atoms with Gasteiger partial charge in [0.05, 0.1) is 27.7 Å². The molecule has 0 saturated carbocycles. The Morgan fingerprint density at radius 3 is 2.74 bits per heavy atom. The summed E-state index contributed by atoms with van der Waals surface area (Å²) >= 11 is 12.3. The van der Waals surface area contributed by atoms with E-state index in [4.69, 9.17) is 38.4 Å². The summed E-state index contributed by atoms with van der Waals surface area (Å²) in [5, 5.41) is 0.738. The van der Waals surface area contributed by atoms with E-state index in [1.807, 2.05) is 22.8 Å². The van der Waals surface area contributed by atoms with E-state index in [1.54, 1.807) is 12.1 Å². The summed E-state index contributed by atoms with van der Waals surface area (Å²) in [6.07, 6.45) is 0.958. The molecule has 0 fully saturated rings. The quantitative estimate of drug-likeness (QED) is 0.691. The molecule has 4 rings (SSSR count). The van der Waals surface area contributed by atoms with E-state index < -0.39 is 0 Å². The van der Waals surface area contributed by atoms with Gasteiger partial charge in [-0.25, -0.2) is 0 Å². The normalized spacial score (nSPS) is 13.7. The zero-order valence-corrected chi connectivity index (χ0v) is 13.6. The summed E-state index contributed by atoms with van der Waals surface area (Å²) in [4.78, 5) is 4.46. The standard InChI is InChI=1S/C16H13Cl2N3O2/c17-11-6-9(19)7-12(18)15(11)23-10-2-3-13-14(8-10)21-4-1-5-22-16(21)20-13/h2-3,6-8H,1,4-5,19H2. The highest BCUT2D eigenvalue weighted by Crippen LogP contribution is 2.39. The minimum Gasteiger partial charge on any atom is -0.465 e. The lowest BCUT2D eigenvalue weighted by molar-refractivity contribution is 0.234. The highest BCUT2D eigenvalue weighted by molar-refractivity contribution is 6.37. The zero-order chi connectivity index (χ0) is 16.0. The van der Waals surface area contributed by atoms with Crippen LogP contribution in [0.25, 0.3) is 11.0 Å². The number of hydrogen-bond donors (Lipinski definition) is 1. The average molecular weight is 350 g/mol. The molecule has 0 saturated heterocycles. The molecule has 2 heterocycles. The van der Waals surface area contributed by atoms with Crippen LogP contribution in [0.3, 0.4) is 0 Å². The summed E-state index contributed by atoms with van der Waals surface area (Å²) in [7, 11) is 0. The van der Waals surface area contributed by atoms with Crippen LogP contribution >= 0.6 is 23.2 Å². The molecule has 0 radical (unpaired) electrons. The Hall–Kier alpha value is -2.11. The molecule has 2 aromatic carbocycles. The minimum atomic E-state index is 0.369. The number of halogens is 2. The van der Waals surface area contributed by atoms with Gasteiger partial charge in [0.1, 0.15) is 5.75 Å². The second-order valence-electron chi connectivity index (χ2n) is 5.31. The summed E-state index contributed by atoms with van der Waals surface area (Å²) in [6, 6.07) is 9.48. The van der Waals surface area contributed by atoms with Crippen LogP contribution in [0, 0.1) is 0 Å². The molecule has 0 unspecified atom stereocenters. The third-order valence-electron chi connectivity index (χ3n) is 3.68. The van der Waals surface area contributed by atoms with Crippen molar-refractivity contribution in [3.63, 3.8) is 0 Å². The number of aromatic nitrogens is 2. The highest BCUT2D eigenvalue weighted by atomic mass is 35.5. The Morgan fingerprint density at radius 1 is 1.17 bits per heavy atom. The molecule has 0 bridgehead atoms. The lowest BCUT2D eigenvalue weighted by Crippen LogP contribution is -2.13. The second kappa shape index (κ2) is 5.51. The van der Waals surface area contributed by atoms with E-state index in [2.05, 4.69) is 4.98 Å². The van der Waals surface area contributed by atoms with Crippen molar-refractivity contribution < 1.29 is 9.47 Å². The van der Waals surface area contributed by atoms with E-state index in [9.17, 15) is 0 Å². The predicted octanol–water partition coefficient (Wildman–Crippen LogP) is 4.50. The first-order chi connectivity index (χ1) is 11.1. The van der Waals surface area contributed by atoms with Gasteiger partial charge in [0.15, 0.2) is 5.75 Å². The van der Waals surface area contributed by atoms with Gasteiger partial charge in [0.25, 0.3) is 6.01 Å². The fraction of sp³-hybridized carbons (Fsp3) is 0.188. The van der Waals surface area contributed by atoms with E-state index in [1.165, 1.54) is 0 Å². The van der Waals surface area contributed by atoms with Crippen molar-refractivity contribution in [3.8, 4) is 17.5 Å². The van der Waals surface area contributed by atoms with Gasteiger partial charge >= 0.3 is 0 Å². The number of nitrogens with zero attached hydrogens (tertiary/aromatic N) is 2. The van der Waals surface area contributed by atoms with Crippen molar-refractivity contribution in [3.05, 3.63) is 40.4 Å². The molecule has 7 heteroatoms. The van der Waals surface area contributed by atoms with Crippen LogP contribution in [0.1, 0.15) is 6.42 Å². The topological polar surface area (TPSA) is 62.3 Å². The molecule has 23 heavy (non-hydrogen) atoms. The maximum Gasteiger partial charge on any atom is 0.297 e. The molecular weight excluding hydrogens is 337 g/mol. The Balaban J connectivity index is 1.75. The van der Waals surface area contributed by atoms with Gasteiger partial charge in [-0.3, -0.25) is 4.57 Å². The summed E-state index contributed by atoms with van der Waals surface area (Å²) in [5.74, 6) is 1.01. The molecule has 2 N–H and O–H groups in total. The van der Waals surface area contributed by atoms with Crippen LogP contribution in [0.2, 0.25) is 10.0 Å². The first-order valence-electron chi connectivity index (χ1n) is 7.17. The molecule has 0 atom stereocenters. The van der Waals surface area contributed by atoms with Crippen molar-refractivity contribution >= 4 is 39.9 Å². The summed E-state index contributed by atoms with van der Waals surface area (Å²) in [5.41, 5.74) is 8.02. The number of anilines is 1. The van der Waals surface area contributed by atoms with Gasteiger partial charge in [-0.05, 0) is 30.7 Å². The monoisotopic (exact) mass is 349 g/mol. The summed E-state index contributed by atoms with van der Waals surface area (Å²) in [6.45, 7) is 1.57. The number of fused-ring (bicyclic) bond motifs is 3. The number of benzene rings is 2. The van der Waals surface area contributed by atoms with Crippen molar-refractivity contribution in [1.29, 1.82) is 0 Å². The van der Waals surface area contributed by atoms with Crippen LogP contribution in [0.5, 0.6) is 17.5 Å². The molecule has 3 aromatic rings. The predicted molar refractivity (Wildman–Crippen MR) is 90.8 cm³/mol. The molecule has 5 nitrogen and oxygen atoms in total. The van der Waals surface area contributed by atoms with Crippen molar-refractivity contribution in [2.45, 2.75) is 13.0 Å². The molecule has 1 aliphatic heterocycles. The number of ether oxygens (including phenoxy) is 2. The number of imidazole rings is 1. The lowest BCUT2D eigenvalue weighted by Gasteiger charge is -2.15. The molecule has 1 aliphatic rings. The van der Waals surface area contributed by atoms with Gasteiger partial charge in [0, 0.05) is 18.3 Å². The van der Waals surface area contributed by atoms with Gasteiger partial charge in [-0.1, -0.05) is 23.2 Å². The third-order valence-corrected chi connectivity index (χ3v) is 4.24. The van der Waals surface area contributed by atoms with Crippen molar-refractivity contribution in [2.75, 3.05) is 12.3 Å². The van der Waals surface area contributed by atoms with Gasteiger partial charge in [0.2, 0.25) is 0 Å². The highest BCUT2D eigenvalue weighted by Gasteiger charge is 2.17. The van der Waals surface area contributed by atoms with Crippen molar-refractivity contribution in [2.24, 2.45) is 0 Å². The Kier molecular flexibility index (Phi) is 3.47. The Labute approximate surface area is 142 Å². The minimum absolute atomic E-state index is 0.369. The van der Waals surface area contributed by atoms with Crippen LogP contribution in [0.15, 0.2) is 30.3 Å². The van der Waals surface area contributed by atoms with Crippen LogP contribution in [-0.4, -0.2) is 16.2 Å². The second-order valence-corrected chi connectivity index (χ2v) is 6.13. The smallest absolute Gasteiger partial charge is 0.297 e. The number of aryl methyl sites for hydroxylation is 1. The maximum atomic E-state index is 6.17. The van der Waals surface area contributed by atoms with Crippen LogP contribution in [-0.2, 0) is 6.54 Å². The first kappa shape index (κ1) is 14.5. The molecule has 1 aromatic heterocycles. The van der Waals surface area contributed by atoms with Gasteiger partial charge in [-0.2, -0.15) is 4.98 Å². The molecule has 0 aliphatic carbocycles. The zero-order valence-electron chi connectivity index (χ0n) is 12.1. The summed E-state index contributed by atoms with van der Waals surface area (Å²) < 4.78 is 13.5. The number of nitrogens with two attached hydrogens (primary N) is 1. The van der Waals surface area contributed by atoms with E-state index in [0.717, 1.165) is 24.0 Å². The van der Waals surface area contributed by atoms with E-state index >= 15 is 0 Å². The lowest BCUT2D eigenvalue weighted by atomic mass is 10.2. The fourth-order valence-electron chi connectivity index (χ4n) is 2.65. The maximum absolute atomic E-state index is 6.17. The Bertz CT molecular complexity index is 885. The number of hydrogen-bond acceptors (Lipinski definition) is 4. The largest absolute Gasteiger partial charge is 0.465 e. The van der Waals surface area contributed by atoms with Gasteiger partial charge < -0.3 is 15.2 Å². The van der Waals surface area contributed by atoms with Gasteiger partial charge in [-0.15, -0.1) is 0 Å². The number of rotatable bonds is 2. The van der Waals surface area contributed by atoms with E-state index in [-0.39, 0.29) is 0 Å².